The molecule has 7 heteroatoms. The van der Waals surface area contributed by atoms with E-state index in [4.69, 9.17) is 11.6 Å². The molecule has 0 atom stereocenters. The Morgan fingerprint density at radius 3 is 2.65 bits per heavy atom. The van der Waals surface area contributed by atoms with Gasteiger partial charge in [-0.15, -0.1) is 0 Å². The van der Waals surface area contributed by atoms with E-state index < -0.39 is 16.6 Å². The van der Waals surface area contributed by atoms with Gasteiger partial charge in [0, 0.05) is 18.2 Å². The van der Waals surface area contributed by atoms with Gasteiger partial charge in [-0.05, 0) is 18.2 Å². The predicted octanol–water partition coefficient (Wildman–Crippen LogP) is 4.14. The molecule has 0 aliphatic heterocycles. The lowest BCUT2D eigenvalue weighted by Gasteiger charge is -2.08. The minimum atomic E-state index is -0.720. The van der Waals surface area contributed by atoms with Gasteiger partial charge in [0.2, 0.25) is 0 Å². The number of para-hydroxylation sites is 1. The zero-order valence-electron chi connectivity index (χ0n) is 10.1. The van der Waals surface area contributed by atoms with Crippen molar-refractivity contribution in [1.82, 2.24) is 0 Å². The fourth-order valence-electron chi connectivity index (χ4n) is 1.70. The molecule has 0 bridgehead atoms. The van der Waals surface area contributed by atoms with Gasteiger partial charge >= 0.3 is 5.69 Å². The fraction of sp³-hybridized carbons (Fsp3) is 0.0769. The molecule has 20 heavy (non-hydrogen) atoms. The molecule has 2 rings (SSSR count). The molecule has 1 N–H and O–H groups in total. The van der Waals surface area contributed by atoms with Crippen molar-refractivity contribution in [3.63, 3.8) is 0 Å². The summed E-state index contributed by atoms with van der Waals surface area (Å²) in [6, 6.07) is 7.54. The van der Waals surface area contributed by atoms with Gasteiger partial charge in [0.25, 0.3) is 0 Å². The molecule has 104 valence electrons. The molecule has 0 spiro atoms. The van der Waals surface area contributed by atoms with Gasteiger partial charge in [-0.3, -0.25) is 10.1 Å². The Bertz CT molecular complexity index is 665. The smallest absolute Gasteiger partial charge is 0.310 e. The van der Waals surface area contributed by atoms with Crippen LogP contribution in [0.2, 0.25) is 5.02 Å². The largest absolute Gasteiger partial charge is 0.375 e. The zero-order chi connectivity index (χ0) is 14.7. The normalized spacial score (nSPS) is 10.3. The van der Waals surface area contributed by atoms with Crippen LogP contribution in [-0.2, 0) is 6.54 Å². The number of halogens is 3. The zero-order valence-corrected chi connectivity index (χ0v) is 10.8. The van der Waals surface area contributed by atoms with Crippen LogP contribution in [0.4, 0.5) is 20.2 Å². The quantitative estimate of drug-likeness (QED) is 0.682. The number of nitrogens with zero attached hydrogens (tertiary/aromatic N) is 1. The standard InChI is InChI=1S/C13H9ClF2N2O2/c14-10-2-1-3-12(13(10)18(19)20)17-7-8-4-5-9(15)6-11(8)16/h1-6,17H,7H2. The monoisotopic (exact) mass is 298 g/mol. The number of nitrogens with one attached hydrogen (secondary N) is 1. The highest BCUT2D eigenvalue weighted by atomic mass is 35.5. The van der Waals surface area contributed by atoms with E-state index in [-0.39, 0.29) is 28.5 Å². The predicted molar refractivity (Wildman–Crippen MR) is 71.8 cm³/mol. The van der Waals surface area contributed by atoms with E-state index in [0.29, 0.717) is 0 Å². The molecule has 0 amide bonds. The van der Waals surface area contributed by atoms with Crippen molar-refractivity contribution in [2.75, 3.05) is 5.32 Å². The molecular weight excluding hydrogens is 290 g/mol. The van der Waals surface area contributed by atoms with Crippen molar-refractivity contribution in [3.8, 4) is 0 Å². The van der Waals surface area contributed by atoms with Gasteiger partial charge in [0.1, 0.15) is 22.3 Å². The number of hydrogen-bond acceptors (Lipinski definition) is 3. The third kappa shape index (κ3) is 3.03. The van der Waals surface area contributed by atoms with Crippen LogP contribution in [0.1, 0.15) is 5.56 Å². The number of hydrogen-bond donors (Lipinski definition) is 1. The Hall–Kier alpha value is -2.21. The SMILES string of the molecule is O=[N+]([O-])c1c(Cl)cccc1NCc1ccc(F)cc1F. The second-order valence-electron chi connectivity index (χ2n) is 3.98. The molecule has 2 aromatic rings. The first-order valence-corrected chi connectivity index (χ1v) is 5.97. The molecule has 2 aromatic carbocycles. The molecule has 0 fully saturated rings. The second-order valence-corrected chi connectivity index (χ2v) is 4.39. The molecule has 0 saturated heterocycles. The van der Waals surface area contributed by atoms with Crippen LogP contribution < -0.4 is 5.32 Å². The van der Waals surface area contributed by atoms with Crippen LogP contribution in [0.5, 0.6) is 0 Å². The fourth-order valence-corrected chi connectivity index (χ4v) is 1.94. The van der Waals surface area contributed by atoms with Crippen molar-refractivity contribution in [2.24, 2.45) is 0 Å². The average Bonchev–Trinajstić information content (AvgIpc) is 2.37. The minimum absolute atomic E-state index is 0.0143. The van der Waals surface area contributed by atoms with Gasteiger partial charge in [0.15, 0.2) is 0 Å². The molecule has 0 saturated carbocycles. The number of nitro groups is 1. The molecule has 0 radical (unpaired) electrons. The van der Waals surface area contributed by atoms with E-state index >= 15 is 0 Å². The van der Waals surface area contributed by atoms with Gasteiger partial charge in [-0.2, -0.15) is 0 Å². The Kier molecular flexibility index (Phi) is 4.14. The molecular formula is C13H9ClF2N2O2. The summed E-state index contributed by atoms with van der Waals surface area (Å²) in [6.07, 6.45) is 0. The molecule has 0 aliphatic rings. The van der Waals surface area contributed by atoms with Gasteiger partial charge in [0.05, 0.1) is 4.92 Å². The molecule has 4 nitrogen and oxygen atoms in total. The maximum atomic E-state index is 13.5. The Labute approximate surface area is 118 Å². The van der Waals surface area contributed by atoms with Crippen molar-refractivity contribution in [2.45, 2.75) is 6.54 Å². The average molecular weight is 299 g/mol. The third-order valence-electron chi connectivity index (χ3n) is 2.65. The second kappa shape index (κ2) is 5.83. The van der Waals surface area contributed by atoms with E-state index in [1.165, 1.54) is 18.2 Å². The highest BCUT2D eigenvalue weighted by molar-refractivity contribution is 6.33. The van der Waals surface area contributed by atoms with Crippen molar-refractivity contribution in [1.29, 1.82) is 0 Å². The first-order chi connectivity index (χ1) is 9.49. The van der Waals surface area contributed by atoms with Crippen LogP contribution in [0.25, 0.3) is 0 Å². The summed E-state index contributed by atoms with van der Waals surface area (Å²) in [7, 11) is 0. The lowest BCUT2D eigenvalue weighted by Crippen LogP contribution is -2.04. The lowest BCUT2D eigenvalue weighted by molar-refractivity contribution is -0.383. The van der Waals surface area contributed by atoms with E-state index in [1.54, 1.807) is 6.07 Å². The number of anilines is 1. The summed E-state index contributed by atoms with van der Waals surface area (Å²) in [5.74, 6) is -1.40. The summed E-state index contributed by atoms with van der Waals surface area (Å²) in [6.45, 7) is -0.0205. The van der Waals surface area contributed by atoms with Crippen molar-refractivity contribution in [3.05, 3.63) is 68.7 Å². The lowest BCUT2D eigenvalue weighted by atomic mass is 10.2. The molecule has 0 aromatic heterocycles. The molecule has 0 heterocycles. The number of benzene rings is 2. The van der Waals surface area contributed by atoms with Crippen LogP contribution in [0.15, 0.2) is 36.4 Å². The topological polar surface area (TPSA) is 55.2 Å². The van der Waals surface area contributed by atoms with Gasteiger partial charge in [-0.1, -0.05) is 23.7 Å². The van der Waals surface area contributed by atoms with Crippen molar-refractivity contribution < 1.29 is 13.7 Å². The molecule has 0 unspecified atom stereocenters. The Morgan fingerprint density at radius 2 is 2.00 bits per heavy atom. The summed E-state index contributed by atoms with van der Waals surface area (Å²) >= 11 is 5.75. The van der Waals surface area contributed by atoms with Gasteiger partial charge < -0.3 is 5.32 Å². The Morgan fingerprint density at radius 1 is 1.25 bits per heavy atom. The van der Waals surface area contributed by atoms with Gasteiger partial charge in [-0.25, -0.2) is 8.78 Å². The summed E-state index contributed by atoms with van der Waals surface area (Å²) in [5.41, 5.74) is 0.0867. The Balaban J connectivity index is 2.23. The van der Waals surface area contributed by atoms with Crippen LogP contribution in [0, 0.1) is 21.7 Å². The van der Waals surface area contributed by atoms with Crippen LogP contribution in [0.3, 0.4) is 0 Å². The maximum Gasteiger partial charge on any atom is 0.310 e. The minimum Gasteiger partial charge on any atom is -0.375 e. The molecule has 0 aliphatic carbocycles. The summed E-state index contributed by atoms with van der Waals surface area (Å²) < 4.78 is 26.2. The first-order valence-electron chi connectivity index (χ1n) is 5.59. The van der Waals surface area contributed by atoms with E-state index in [2.05, 4.69) is 5.32 Å². The third-order valence-corrected chi connectivity index (χ3v) is 2.96. The van der Waals surface area contributed by atoms with E-state index in [9.17, 15) is 18.9 Å². The number of rotatable bonds is 4. The maximum absolute atomic E-state index is 13.5. The van der Waals surface area contributed by atoms with Crippen LogP contribution in [-0.4, -0.2) is 4.92 Å². The number of nitro benzene ring substituents is 1. The van der Waals surface area contributed by atoms with E-state index in [0.717, 1.165) is 12.1 Å². The highest BCUT2D eigenvalue weighted by Crippen LogP contribution is 2.32. The summed E-state index contributed by atoms with van der Waals surface area (Å²) in [5, 5.41) is 13.6. The first kappa shape index (κ1) is 14.2. The highest BCUT2D eigenvalue weighted by Gasteiger charge is 2.18. The van der Waals surface area contributed by atoms with E-state index in [1.807, 2.05) is 0 Å². The summed E-state index contributed by atoms with van der Waals surface area (Å²) in [4.78, 5) is 10.3. The van der Waals surface area contributed by atoms with Crippen molar-refractivity contribution >= 4 is 23.0 Å². The van der Waals surface area contributed by atoms with Crippen LogP contribution >= 0.6 is 11.6 Å².